The van der Waals surface area contributed by atoms with Gasteiger partial charge in [0.15, 0.2) is 0 Å². The molecule has 0 unspecified atom stereocenters. The molecule has 5 heteroatoms. The fourth-order valence-electron chi connectivity index (χ4n) is 1.67. The topological polar surface area (TPSA) is 76.9 Å². The van der Waals surface area contributed by atoms with E-state index in [0.717, 1.165) is 11.3 Å². The summed E-state index contributed by atoms with van der Waals surface area (Å²) in [6.45, 7) is 2.23. The molecule has 5 nitrogen and oxygen atoms in total. The van der Waals surface area contributed by atoms with Crippen LogP contribution in [0.5, 0.6) is 5.75 Å². The first-order valence-electron chi connectivity index (χ1n) is 5.52. The Labute approximate surface area is 105 Å². The lowest BCUT2D eigenvalue weighted by Gasteiger charge is -2.04. The van der Waals surface area contributed by atoms with E-state index < -0.39 is 0 Å². The van der Waals surface area contributed by atoms with Crippen LogP contribution in [-0.4, -0.2) is 9.78 Å². The molecule has 0 spiro atoms. The summed E-state index contributed by atoms with van der Waals surface area (Å²) < 4.78 is 7.08. The molecule has 92 valence electrons. The number of nitriles is 1. The number of nitrogens with zero attached hydrogens (tertiary/aromatic N) is 3. The number of aryl methyl sites for hydroxylation is 2. The summed E-state index contributed by atoms with van der Waals surface area (Å²) in [4.78, 5) is 0. The monoisotopic (exact) mass is 242 g/mol. The number of hydrogen-bond donors (Lipinski definition) is 1. The van der Waals surface area contributed by atoms with Gasteiger partial charge in [-0.15, -0.1) is 0 Å². The van der Waals surface area contributed by atoms with E-state index in [4.69, 9.17) is 15.7 Å². The van der Waals surface area contributed by atoms with Gasteiger partial charge in [0.2, 0.25) is 0 Å². The lowest BCUT2D eigenvalue weighted by atomic mass is 10.2. The molecule has 1 aromatic carbocycles. The minimum Gasteiger partial charge on any atom is -0.487 e. The third-order valence-electron chi connectivity index (χ3n) is 2.64. The van der Waals surface area contributed by atoms with E-state index in [1.807, 2.05) is 37.3 Å². The van der Waals surface area contributed by atoms with Gasteiger partial charge in [-0.1, -0.05) is 12.1 Å². The second kappa shape index (κ2) is 4.80. The van der Waals surface area contributed by atoms with Gasteiger partial charge in [-0.05, 0) is 24.6 Å². The van der Waals surface area contributed by atoms with E-state index in [1.165, 1.54) is 4.68 Å². The van der Waals surface area contributed by atoms with E-state index in [2.05, 4.69) is 5.10 Å². The van der Waals surface area contributed by atoms with Gasteiger partial charge in [0.25, 0.3) is 0 Å². The number of rotatable bonds is 3. The molecule has 0 amide bonds. The molecule has 0 atom stereocenters. The molecular formula is C13H14N4O. The number of ether oxygens (including phenoxy) is 1. The Morgan fingerprint density at radius 1 is 1.50 bits per heavy atom. The van der Waals surface area contributed by atoms with Crippen molar-refractivity contribution in [1.29, 1.82) is 5.26 Å². The molecule has 0 radical (unpaired) electrons. The minimum absolute atomic E-state index is 0.234. The summed E-state index contributed by atoms with van der Waals surface area (Å²) >= 11 is 0. The molecule has 0 saturated heterocycles. The van der Waals surface area contributed by atoms with Crippen LogP contribution in [-0.2, 0) is 13.7 Å². The predicted octanol–water partition coefficient (Wildman–Crippen LogP) is 1.76. The average Bonchev–Trinajstić information content (AvgIpc) is 2.62. The molecule has 2 aromatic rings. The molecule has 0 aliphatic carbocycles. The zero-order chi connectivity index (χ0) is 13.1. The summed E-state index contributed by atoms with van der Waals surface area (Å²) in [6.07, 6.45) is 0. The van der Waals surface area contributed by atoms with E-state index in [1.54, 1.807) is 7.05 Å². The van der Waals surface area contributed by atoms with Gasteiger partial charge in [-0.3, -0.25) is 4.68 Å². The van der Waals surface area contributed by atoms with E-state index in [9.17, 15) is 0 Å². The lowest BCUT2D eigenvalue weighted by Crippen LogP contribution is -1.99. The largest absolute Gasteiger partial charge is 0.487 e. The van der Waals surface area contributed by atoms with Crippen LogP contribution in [0.4, 0.5) is 5.82 Å². The first kappa shape index (κ1) is 12.0. The molecule has 0 aliphatic rings. The van der Waals surface area contributed by atoms with Crippen molar-refractivity contribution in [2.75, 3.05) is 5.73 Å². The Hall–Kier alpha value is -2.48. The van der Waals surface area contributed by atoms with Crippen molar-refractivity contribution in [2.24, 2.45) is 7.05 Å². The molecule has 2 rings (SSSR count). The zero-order valence-corrected chi connectivity index (χ0v) is 10.3. The highest BCUT2D eigenvalue weighted by atomic mass is 16.5. The highest BCUT2D eigenvalue weighted by Gasteiger charge is 2.13. The fraction of sp³-hybridized carbons (Fsp3) is 0.231. The number of hydrogen-bond acceptors (Lipinski definition) is 4. The molecule has 0 fully saturated rings. The van der Waals surface area contributed by atoms with Crippen LogP contribution in [0, 0.1) is 18.3 Å². The van der Waals surface area contributed by atoms with Crippen LogP contribution in [0.25, 0.3) is 0 Å². The third kappa shape index (κ3) is 2.28. The van der Waals surface area contributed by atoms with Gasteiger partial charge in [-0.2, -0.15) is 10.4 Å². The van der Waals surface area contributed by atoms with Crippen molar-refractivity contribution in [3.05, 3.63) is 41.1 Å². The Morgan fingerprint density at radius 2 is 2.28 bits per heavy atom. The van der Waals surface area contributed by atoms with Crippen LogP contribution in [0.15, 0.2) is 24.3 Å². The molecular weight excluding hydrogens is 228 g/mol. The minimum atomic E-state index is 0.234. The van der Waals surface area contributed by atoms with Gasteiger partial charge in [0.05, 0.1) is 0 Å². The van der Waals surface area contributed by atoms with Crippen LogP contribution >= 0.6 is 0 Å². The van der Waals surface area contributed by atoms with Crippen molar-refractivity contribution in [3.8, 4) is 11.8 Å². The quantitative estimate of drug-likeness (QED) is 0.889. The lowest BCUT2D eigenvalue weighted by molar-refractivity contribution is 0.299. The predicted molar refractivity (Wildman–Crippen MR) is 67.8 cm³/mol. The molecule has 0 bridgehead atoms. The van der Waals surface area contributed by atoms with Crippen molar-refractivity contribution in [1.82, 2.24) is 9.78 Å². The van der Waals surface area contributed by atoms with Crippen LogP contribution in [0.3, 0.4) is 0 Å². The molecule has 18 heavy (non-hydrogen) atoms. The molecule has 2 N–H and O–H groups in total. The number of benzene rings is 1. The summed E-state index contributed by atoms with van der Waals surface area (Å²) in [5.74, 6) is 1.11. The van der Waals surface area contributed by atoms with Gasteiger partial charge < -0.3 is 10.5 Å². The number of nitrogens with two attached hydrogens (primary N) is 1. The van der Waals surface area contributed by atoms with E-state index >= 15 is 0 Å². The number of nitrogen functional groups attached to an aromatic ring is 1. The maximum Gasteiger partial charge on any atom is 0.139 e. The van der Waals surface area contributed by atoms with Crippen LogP contribution in [0.1, 0.15) is 16.8 Å². The summed E-state index contributed by atoms with van der Waals surface area (Å²) in [7, 11) is 1.70. The normalized spacial score (nSPS) is 10.1. The van der Waals surface area contributed by atoms with Gasteiger partial charge >= 0.3 is 0 Å². The highest BCUT2D eigenvalue weighted by molar-refractivity contribution is 5.51. The first-order valence-corrected chi connectivity index (χ1v) is 5.52. The van der Waals surface area contributed by atoms with Gasteiger partial charge in [0, 0.05) is 7.05 Å². The first-order chi connectivity index (χ1) is 8.61. The molecule has 1 heterocycles. The fourth-order valence-corrected chi connectivity index (χ4v) is 1.67. The maximum absolute atomic E-state index is 9.02. The summed E-state index contributed by atoms with van der Waals surface area (Å²) in [5.41, 5.74) is 7.78. The van der Waals surface area contributed by atoms with Crippen LogP contribution < -0.4 is 10.5 Å². The number of anilines is 1. The Balaban J connectivity index is 2.16. The van der Waals surface area contributed by atoms with Gasteiger partial charge in [0.1, 0.15) is 35.5 Å². The summed E-state index contributed by atoms with van der Waals surface area (Å²) in [6, 6.07) is 9.75. The SMILES string of the molecule is Cc1cccc(OCc2nn(C)c(N)c2C#N)c1. The Kier molecular flexibility index (Phi) is 3.20. The summed E-state index contributed by atoms with van der Waals surface area (Å²) in [5, 5.41) is 13.2. The third-order valence-corrected chi connectivity index (χ3v) is 2.64. The zero-order valence-electron chi connectivity index (χ0n) is 10.3. The molecule has 0 saturated carbocycles. The maximum atomic E-state index is 9.02. The number of aromatic nitrogens is 2. The Bertz CT molecular complexity index is 610. The van der Waals surface area contributed by atoms with Crippen molar-refractivity contribution >= 4 is 5.82 Å². The van der Waals surface area contributed by atoms with Crippen molar-refractivity contribution in [2.45, 2.75) is 13.5 Å². The second-order valence-corrected chi connectivity index (χ2v) is 4.05. The average molecular weight is 242 g/mol. The van der Waals surface area contributed by atoms with Crippen molar-refractivity contribution < 1.29 is 4.74 Å². The van der Waals surface area contributed by atoms with Crippen LogP contribution in [0.2, 0.25) is 0 Å². The molecule has 1 aromatic heterocycles. The highest BCUT2D eigenvalue weighted by Crippen LogP contribution is 2.18. The smallest absolute Gasteiger partial charge is 0.139 e. The second-order valence-electron chi connectivity index (χ2n) is 4.05. The van der Waals surface area contributed by atoms with Gasteiger partial charge in [-0.25, -0.2) is 0 Å². The van der Waals surface area contributed by atoms with E-state index in [0.29, 0.717) is 17.1 Å². The Morgan fingerprint density at radius 3 is 2.94 bits per heavy atom. The van der Waals surface area contributed by atoms with Crippen molar-refractivity contribution in [3.63, 3.8) is 0 Å². The van der Waals surface area contributed by atoms with E-state index in [-0.39, 0.29) is 6.61 Å². The standard InChI is InChI=1S/C13H14N4O/c1-9-4-3-5-10(6-9)18-8-12-11(7-14)13(15)17(2)16-12/h3-6H,8,15H2,1-2H3. The molecule has 0 aliphatic heterocycles.